The van der Waals surface area contributed by atoms with Crippen LogP contribution in [0.3, 0.4) is 0 Å². The minimum Gasteiger partial charge on any atom is -0.489 e. The highest BCUT2D eigenvalue weighted by Gasteiger charge is 2.14. The molecule has 0 unspecified atom stereocenters. The molecule has 0 saturated carbocycles. The van der Waals surface area contributed by atoms with Crippen molar-refractivity contribution >= 4 is 34.9 Å². The van der Waals surface area contributed by atoms with Crippen molar-refractivity contribution in [1.82, 2.24) is 10.3 Å². The number of rotatable bonds is 12. The van der Waals surface area contributed by atoms with Gasteiger partial charge in [-0.25, -0.2) is 9.59 Å². The second kappa shape index (κ2) is 24.2. The number of nitrogens with one attached hydrogen (secondary N) is 1. The Bertz CT molecular complexity index is 2650. The Hall–Kier alpha value is -7.95. The summed E-state index contributed by atoms with van der Waals surface area (Å²) in [6, 6.07) is 29.3. The molecule has 0 bridgehead atoms. The molecule has 5 aromatic carbocycles. The van der Waals surface area contributed by atoms with Gasteiger partial charge in [0.25, 0.3) is 5.91 Å². The third-order valence-corrected chi connectivity index (χ3v) is 10.3. The van der Waals surface area contributed by atoms with Crippen molar-refractivity contribution in [3.8, 4) is 11.5 Å². The molecule has 0 aliphatic heterocycles. The Kier molecular flexibility index (Phi) is 18.6. The summed E-state index contributed by atoms with van der Waals surface area (Å²) in [5, 5.41) is 46.3. The van der Waals surface area contributed by atoms with Gasteiger partial charge < -0.3 is 55.7 Å². The van der Waals surface area contributed by atoms with E-state index in [9.17, 15) is 19.5 Å². The minimum atomic E-state index is -0.972. The molecule has 16 nitrogen and oxygen atoms in total. The van der Waals surface area contributed by atoms with Gasteiger partial charge in [-0.1, -0.05) is 46.7 Å². The molecule has 7 rings (SSSR count). The lowest BCUT2D eigenvalue weighted by Gasteiger charge is -2.12. The predicted octanol–water partition coefficient (Wildman–Crippen LogP) is 8.84. The first-order valence-corrected chi connectivity index (χ1v) is 20.5. The van der Waals surface area contributed by atoms with Crippen LogP contribution in [0.5, 0.6) is 11.5 Å². The van der Waals surface area contributed by atoms with Crippen molar-refractivity contribution in [3.63, 3.8) is 0 Å². The number of ether oxygens (including phenoxy) is 2. The second-order valence-electron chi connectivity index (χ2n) is 14.9. The Morgan fingerprint density at radius 1 is 0.545 bits per heavy atom. The van der Waals surface area contributed by atoms with Crippen molar-refractivity contribution in [2.75, 3.05) is 16.8 Å². The van der Waals surface area contributed by atoms with E-state index in [1.165, 1.54) is 12.1 Å². The summed E-state index contributed by atoms with van der Waals surface area (Å²) in [6.45, 7) is 13.5. The molecule has 0 fully saturated rings. The molecule has 0 saturated heterocycles. The van der Waals surface area contributed by atoms with Crippen LogP contribution in [0.1, 0.15) is 92.9 Å². The van der Waals surface area contributed by atoms with Gasteiger partial charge in [-0.3, -0.25) is 4.79 Å². The normalized spacial score (nSPS) is 10.3. The summed E-state index contributed by atoms with van der Waals surface area (Å²) < 4.78 is 21.5. The lowest BCUT2D eigenvalue weighted by atomic mass is 10.1. The van der Waals surface area contributed by atoms with Gasteiger partial charge in [-0.15, -0.1) is 0 Å². The number of nitrogen functional groups attached to an aromatic ring is 2. The number of carboxylic acids is 2. The standard InChI is InChI=1S/C21H22N2O4.C13H13NO4.C8H9NO2.C8H11NO/c1-13-5-4-6-20(18(13)11-24)22-21(25)16-7-9-17(10-8-16)26-12-19-14(2)23-27-15(19)3;1-8-12(9(2)18-14-8)7-17-11-5-3-10(4-6-11)13(15)16;1-5-3-2-4-6(9)7(5)8(10)11;1-6-3-2-4-8(9)7(6)5-10/h4-10,24H,11-12H2,1-3H3,(H,22,25);3-6H,7H2,1-2H3,(H,15,16);2-4H,9H2,1H3,(H,10,11);2-4,10H,5,9H2,1H3. The van der Waals surface area contributed by atoms with Crippen LogP contribution in [0.25, 0.3) is 0 Å². The number of aryl methyl sites for hydroxylation is 7. The van der Waals surface area contributed by atoms with E-state index in [0.29, 0.717) is 58.5 Å². The number of carbonyl (C=O) groups is 3. The first kappa shape index (κ1) is 50.7. The van der Waals surface area contributed by atoms with Crippen LogP contribution >= 0.6 is 0 Å². The third kappa shape index (κ3) is 14.0. The van der Waals surface area contributed by atoms with Crippen LogP contribution in [0.4, 0.5) is 17.1 Å². The fraction of sp³-hybridized carbons (Fsp3) is 0.220. The highest BCUT2D eigenvalue weighted by atomic mass is 16.5. The van der Waals surface area contributed by atoms with E-state index in [1.807, 2.05) is 65.8 Å². The molecule has 2 heterocycles. The lowest BCUT2D eigenvalue weighted by molar-refractivity contribution is 0.0686. The number of hydrogen-bond donors (Lipinski definition) is 7. The summed E-state index contributed by atoms with van der Waals surface area (Å²) in [5.41, 5.74) is 21.2. The number of aromatic carboxylic acids is 2. The number of hydrogen-bond acceptors (Lipinski definition) is 13. The zero-order valence-corrected chi connectivity index (χ0v) is 37.8. The number of carbonyl (C=O) groups excluding carboxylic acids is 1. The van der Waals surface area contributed by atoms with Gasteiger partial charge in [0.15, 0.2) is 0 Å². The zero-order valence-electron chi connectivity index (χ0n) is 37.8. The first-order valence-electron chi connectivity index (χ1n) is 20.5. The second-order valence-corrected chi connectivity index (χ2v) is 14.9. The molecule has 0 spiro atoms. The Labute approximate surface area is 382 Å². The van der Waals surface area contributed by atoms with E-state index in [4.69, 9.17) is 45.3 Å². The summed E-state index contributed by atoms with van der Waals surface area (Å²) in [5.74, 6) is 0.564. The topological polar surface area (TPSA) is 267 Å². The van der Waals surface area contributed by atoms with Gasteiger partial charge in [0.05, 0.1) is 46.9 Å². The quantitative estimate of drug-likeness (QED) is 0.0565. The maximum atomic E-state index is 12.5. The van der Waals surface area contributed by atoms with Crippen molar-refractivity contribution in [1.29, 1.82) is 0 Å². The van der Waals surface area contributed by atoms with E-state index in [1.54, 1.807) is 73.7 Å². The third-order valence-electron chi connectivity index (χ3n) is 10.3. The number of nitrogens with two attached hydrogens (primary N) is 2. The number of aliphatic hydroxyl groups excluding tert-OH is 2. The average molecular weight is 902 g/mol. The SMILES string of the molecule is Cc1cccc(N)c1C(=O)O.Cc1cccc(N)c1CO.Cc1cccc(NC(=O)c2ccc(OCc3c(C)noc3C)cc2)c1CO.Cc1noc(C)c1COc1ccc(C(=O)O)cc1. The maximum Gasteiger partial charge on any atom is 0.338 e. The minimum absolute atomic E-state index is 0.0263. The molecule has 1 amide bonds. The summed E-state index contributed by atoms with van der Waals surface area (Å²) in [7, 11) is 0. The highest BCUT2D eigenvalue weighted by molar-refractivity contribution is 6.04. The van der Waals surface area contributed by atoms with Crippen LogP contribution in [0.15, 0.2) is 112 Å². The van der Waals surface area contributed by atoms with Gasteiger partial charge in [0.2, 0.25) is 0 Å². The molecule has 16 heteroatoms. The number of aliphatic hydroxyl groups is 2. The van der Waals surface area contributed by atoms with Crippen LogP contribution < -0.4 is 26.3 Å². The average Bonchev–Trinajstić information content (AvgIpc) is 3.79. The Morgan fingerprint density at radius 3 is 1.36 bits per heavy atom. The molecule has 0 aliphatic rings. The lowest BCUT2D eigenvalue weighted by Crippen LogP contribution is -2.13. The summed E-state index contributed by atoms with van der Waals surface area (Å²) in [4.78, 5) is 33.7. The zero-order chi connectivity index (χ0) is 48.5. The molecule has 0 radical (unpaired) electrons. The Morgan fingerprint density at radius 2 is 0.985 bits per heavy atom. The van der Waals surface area contributed by atoms with Gasteiger partial charge in [0.1, 0.15) is 36.2 Å². The molecule has 66 heavy (non-hydrogen) atoms. The van der Waals surface area contributed by atoms with Crippen molar-refractivity contribution in [3.05, 3.63) is 182 Å². The van der Waals surface area contributed by atoms with Crippen LogP contribution in [-0.2, 0) is 26.4 Å². The number of carboxylic acid groups (broad SMARTS) is 2. The maximum absolute atomic E-state index is 12.5. The van der Waals surface area contributed by atoms with Gasteiger partial charge >= 0.3 is 11.9 Å². The van der Waals surface area contributed by atoms with Gasteiger partial charge in [-0.05, 0) is 132 Å². The van der Waals surface area contributed by atoms with Crippen LogP contribution in [0.2, 0.25) is 0 Å². The van der Waals surface area contributed by atoms with E-state index in [2.05, 4.69) is 15.6 Å². The molecule has 7 aromatic rings. The van der Waals surface area contributed by atoms with Crippen molar-refractivity contribution < 1.29 is 53.3 Å². The first-order chi connectivity index (χ1) is 31.4. The number of aromatic nitrogens is 2. The molecule has 0 aliphatic carbocycles. The molecule has 9 N–H and O–H groups in total. The fourth-order valence-corrected chi connectivity index (χ4v) is 6.27. The van der Waals surface area contributed by atoms with E-state index in [-0.39, 0.29) is 30.2 Å². The van der Waals surface area contributed by atoms with Gasteiger partial charge in [-0.2, -0.15) is 0 Å². The predicted molar refractivity (Wildman–Crippen MR) is 250 cm³/mol. The molecule has 0 atom stereocenters. The van der Waals surface area contributed by atoms with Crippen molar-refractivity contribution in [2.45, 2.75) is 74.9 Å². The smallest absolute Gasteiger partial charge is 0.338 e. The number of benzene rings is 5. The van der Waals surface area contributed by atoms with E-state index >= 15 is 0 Å². The molecular formula is C50H55N5O11. The van der Waals surface area contributed by atoms with E-state index < -0.39 is 11.9 Å². The molecule has 2 aromatic heterocycles. The number of amides is 1. The van der Waals surface area contributed by atoms with E-state index in [0.717, 1.165) is 50.7 Å². The largest absolute Gasteiger partial charge is 0.489 e. The highest BCUT2D eigenvalue weighted by Crippen LogP contribution is 2.23. The monoisotopic (exact) mass is 901 g/mol. The summed E-state index contributed by atoms with van der Waals surface area (Å²) >= 11 is 0. The Balaban J connectivity index is 0.000000209. The molecule has 346 valence electrons. The summed E-state index contributed by atoms with van der Waals surface area (Å²) in [6.07, 6.45) is 0. The van der Waals surface area contributed by atoms with Crippen LogP contribution in [0, 0.1) is 48.5 Å². The fourth-order valence-electron chi connectivity index (χ4n) is 6.27. The van der Waals surface area contributed by atoms with Crippen LogP contribution in [-0.4, -0.2) is 48.6 Å². The molecular weight excluding hydrogens is 847 g/mol. The number of nitrogens with zero attached hydrogens (tertiary/aromatic N) is 2. The number of anilines is 3. The van der Waals surface area contributed by atoms with Gasteiger partial charge in [0, 0.05) is 33.8 Å². The van der Waals surface area contributed by atoms with Crippen molar-refractivity contribution in [2.24, 2.45) is 0 Å².